The molecule has 0 saturated heterocycles. The zero-order chi connectivity index (χ0) is 16.1. The number of benzene rings is 1. The quantitative estimate of drug-likeness (QED) is 0.654. The molecule has 3 aromatic rings. The van der Waals surface area contributed by atoms with Gasteiger partial charge in [0.05, 0.1) is 11.4 Å². The highest BCUT2D eigenvalue weighted by molar-refractivity contribution is 5.80. The Hall–Kier alpha value is -2.16. The lowest BCUT2D eigenvalue weighted by Gasteiger charge is -2.17. The summed E-state index contributed by atoms with van der Waals surface area (Å²) >= 11 is 0. The van der Waals surface area contributed by atoms with Crippen LogP contribution in [0.5, 0.6) is 0 Å². The second-order valence-corrected chi connectivity index (χ2v) is 7.10. The van der Waals surface area contributed by atoms with Crippen LogP contribution in [0.25, 0.3) is 16.7 Å². The number of hydrogen-bond donors (Lipinski definition) is 0. The van der Waals surface area contributed by atoms with Crippen molar-refractivity contribution in [2.75, 3.05) is 0 Å². The highest BCUT2D eigenvalue weighted by Gasteiger charge is 2.19. The number of rotatable bonds is 1. The summed E-state index contributed by atoms with van der Waals surface area (Å²) in [4.78, 5) is 4.91. The maximum absolute atomic E-state index is 4.91. The smallest absolute Gasteiger partial charge is 0.163 e. The van der Waals surface area contributed by atoms with Crippen molar-refractivity contribution in [1.82, 2.24) is 14.8 Å². The Bertz CT molecular complexity index is 851. The van der Waals surface area contributed by atoms with E-state index < -0.39 is 0 Å². The van der Waals surface area contributed by atoms with Gasteiger partial charge in [0, 0.05) is 16.5 Å². The Morgan fingerprint density at radius 1 is 0.955 bits per heavy atom. The minimum absolute atomic E-state index is 0.0273. The van der Waals surface area contributed by atoms with Gasteiger partial charge in [-0.15, -0.1) is 0 Å². The van der Waals surface area contributed by atoms with Crippen LogP contribution < -0.4 is 0 Å². The van der Waals surface area contributed by atoms with Gasteiger partial charge in [-0.3, -0.25) is 0 Å². The molecule has 0 unspecified atom stereocenters. The minimum Gasteiger partial charge on any atom is -0.232 e. The summed E-state index contributed by atoms with van der Waals surface area (Å²) in [6, 6.07) is 10.7. The predicted molar refractivity (Wildman–Crippen MR) is 91.8 cm³/mol. The van der Waals surface area contributed by atoms with E-state index in [0.717, 1.165) is 28.1 Å². The van der Waals surface area contributed by atoms with Gasteiger partial charge < -0.3 is 0 Å². The van der Waals surface area contributed by atoms with Crippen LogP contribution in [0.2, 0.25) is 0 Å². The van der Waals surface area contributed by atoms with E-state index in [1.54, 1.807) is 0 Å². The molecule has 114 valence electrons. The zero-order valence-electron chi connectivity index (χ0n) is 14.2. The third-order valence-corrected chi connectivity index (χ3v) is 4.06. The van der Waals surface area contributed by atoms with Crippen LogP contribution in [0, 0.1) is 20.8 Å². The summed E-state index contributed by atoms with van der Waals surface area (Å²) in [6.07, 6.45) is 0. The van der Waals surface area contributed by atoms with Gasteiger partial charge in [0.25, 0.3) is 0 Å². The van der Waals surface area contributed by atoms with Crippen molar-refractivity contribution in [3.8, 4) is 5.69 Å². The molecular weight excluding hydrogens is 270 g/mol. The number of aryl methyl sites for hydroxylation is 3. The molecule has 3 nitrogen and oxygen atoms in total. The van der Waals surface area contributed by atoms with Crippen LogP contribution in [-0.4, -0.2) is 14.8 Å². The molecular formula is C19H23N3. The van der Waals surface area contributed by atoms with Gasteiger partial charge in [-0.25, -0.2) is 9.67 Å². The Kier molecular flexibility index (Phi) is 3.32. The van der Waals surface area contributed by atoms with Gasteiger partial charge in [-0.1, -0.05) is 38.5 Å². The lowest BCUT2D eigenvalue weighted by atomic mass is 9.91. The second kappa shape index (κ2) is 4.94. The molecule has 2 heterocycles. The van der Waals surface area contributed by atoms with Crippen molar-refractivity contribution < 1.29 is 0 Å². The van der Waals surface area contributed by atoms with E-state index in [-0.39, 0.29) is 5.41 Å². The molecule has 0 N–H and O–H groups in total. The number of fused-ring (bicyclic) bond motifs is 1. The Balaban J connectivity index is 2.29. The van der Waals surface area contributed by atoms with Crippen molar-refractivity contribution in [3.63, 3.8) is 0 Å². The molecule has 0 aliphatic rings. The molecule has 3 rings (SSSR count). The molecule has 3 heteroatoms. The van der Waals surface area contributed by atoms with Gasteiger partial charge in [-0.05, 0) is 44.5 Å². The van der Waals surface area contributed by atoms with Crippen molar-refractivity contribution in [2.45, 2.75) is 47.0 Å². The van der Waals surface area contributed by atoms with Crippen LogP contribution in [-0.2, 0) is 5.41 Å². The third-order valence-electron chi connectivity index (χ3n) is 4.06. The summed E-state index contributed by atoms with van der Waals surface area (Å²) in [7, 11) is 0. The first kappa shape index (κ1) is 14.8. The molecule has 0 radical (unpaired) electrons. The summed E-state index contributed by atoms with van der Waals surface area (Å²) in [6.45, 7) is 12.8. The molecule has 22 heavy (non-hydrogen) atoms. The fourth-order valence-electron chi connectivity index (χ4n) is 2.77. The van der Waals surface area contributed by atoms with Crippen molar-refractivity contribution >= 4 is 11.0 Å². The van der Waals surface area contributed by atoms with E-state index in [0.29, 0.717) is 0 Å². The number of nitrogens with zero attached hydrogens (tertiary/aromatic N) is 3. The molecule has 0 atom stereocenters. The molecule has 0 amide bonds. The molecule has 2 aromatic heterocycles. The molecule has 0 saturated carbocycles. The summed E-state index contributed by atoms with van der Waals surface area (Å²) in [5, 5.41) is 5.85. The van der Waals surface area contributed by atoms with Crippen molar-refractivity contribution in [2.24, 2.45) is 0 Å². The van der Waals surface area contributed by atoms with E-state index in [4.69, 9.17) is 10.1 Å². The van der Waals surface area contributed by atoms with Crippen LogP contribution in [0.3, 0.4) is 0 Å². The first-order valence-electron chi connectivity index (χ1n) is 7.72. The fraction of sp³-hybridized carbons (Fsp3) is 0.368. The molecule has 0 bridgehead atoms. The lowest BCUT2D eigenvalue weighted by molar-refractivity contribution is 0.570. The van der Waals surface area contributed by atoms with E-state index in [2.05, 4.69) is 65.0 Å². The predicted octanol–water partition coefficient (Wildman–Crippen LogP) is 4.64. The minimum atomic E-state index is 0.0273. The highest BCUT2D eigenvalue weighted by Crippen LogP contribution is 2.27. The fourth-order valence-corrected chi connectivity index (χ4v) is 2.77. The topological polar surface area (TPSA) is 30.7 Å². The van der Waals surface area contributed by atoms with Gasteiger partial charge in [-0.2, -0.15) is 5.10 Å². The third kappa shape index (κ3) is 2.41. The monoisotopic (exact) mass is 293 g/mol. The first-order chi connectivity index (χ1) is 10.3. The number of aromatic nitrogens is 3. The molecule has 0 fully saturated rings. The van der Waals surface area contributed by atoms with E-state index >= 15 is 0 Å². The van der Waals surface area contributed by atoms with E-state index in [9.17, 15) is 0 Å². The van der Waals surface area contributed by atoms with E-state index in [1.165, 1.54) is 11.1 Å². The van der Waals surface area contributed by atoms with E-state index in [1.807, 2.05) is 11.6 Å². The Labute approximate surface area is 132 Å². The Morgan fingerprint density at radius 3 is 2.32 bits per heavy atom. The van der Waals surface area contributed by atoms with Crippen molar-refractivity contribution in [1.29, 1.82) is 0 Å². The SMILES string of the molecule is Cc1ccc(-n2nc(C)c3ccc(C(C)(C)C)nc32)c(C)c1. The van der Waals surface area contributed by atoms with Gasteiger partial charge in [0.2, 0.25) is 0 Å². The number of hydrogen-bond acceptors (Lipinski definition) is 2. The molecule has 0 spiro atoms. The largest absolute Gasteiger partial charge is 0.232 e. The number of pyridine rings is 1. The average Bonchev–Trinajstić information content (AvgIpc) is 2.75. The zero-order valence-corrected chi connectivity index (χ0v) is 14.2. The summed E-state index contributed by atoms with van der Waals surface area (Å²) in [5.41, 5.74) is 6.65. The normalized spacial score (nSPS) is 12.1. The van der Waals surface area contributed by atoms with Gasteiger partial charge >= 0.3 is 0 Å². The first-order valence-corrected chi connectivity index (χ1v) is 7.72. The molecule has 0 aliphatic heterocycles. The van der Waals surface area contributed by atoms with Crippen LogP contribution in [0.1, 0.15) is 43.3 Å². The maximum Gasteiger partial charge on any atom is 0.163 e. The van der Waals surface area contributed by atoms with Crippen LogP contribution in [0.15, 0.2) is 30.3 Å². The standard InChI is InChI=1S/C19H23N3/c1-12-7-9-16(13(2)11-12)22-18-15(14(3)21-22)8-10-17(20-18)19(4,5)6/h7-11H,1-6H3. The summed E-state index contributed by atoms with van der Waals surface area (Å²) < 4.78 is 1.98. The van der Waals surface area contributed by atoms with Gasteiger partial charge in [0.15, 0.2) is 5.65 Å². The van der Waals surface area contributed by atoms with Crippen molar-refractivity contribution in [3.05, 3.63) is 52.8 Å². The van der Waals surface area contributed by atoms with Crippen LogP contribution >= 0.6 is 0 Å². The average molecular weight is 293 g/mol. The second-order valence-electron chi connectivity index (χ2n) is 7.10. The molecule has 1 aromatic carbocycles. The lowest BCUT2D eigenvalue weighted by Crippen LogP contribution is -2.14. The molecule has 0 aliphatic carbocycles. The maximum atomic E-state index is 4.91. The van der Waals surface area contributed by atoms with Gasteiger partial charge in [0.1, 0.15) is 0 Å². The summed E-state index contributed by atoms with van der Waals surface area (Å²) in [5.74, 6) is 0. The Morgan fingerprint density at radius 2 is 1.68 bits per heavy atom. The highest BCUT2D eigenvalue weighted by atomic mass is 15.3. The van der Waals surface area contributed by atoms with Crippen LogP contribution in [0.4, 0.5) is 0 Å².